The molecule has 0 radical (unpaired) electrons. The largest absolute Gasteiger partial charge is 0.464 e. The molecule has 0 unspecified atom stereocenters. The quantitative estimate of drug-likeness (QED) is 0.838. The summed E-state index contributed by atoms with van der Waals surface area (Å²) in [5.41, 5.74) is -0.363. The Kier molecular flexibility index (Phi) is 5.26. The van der Waals surface area contributed by atoms with Crippen LogP contribution in [0.2, 0.25) is 0 Å². The fourth-order valence-electron chi connectivity index (χ4n) is 2.50. The van der Waals surface area contributed by atoms with E-state index in [2.05, 4.69) is 26.9 Å². The van der Waals surface area contributed by atoms with E-state index >= 15 is 0 Å². The van der Waals surface area contributed by atoms with Crippen LogP contribution in [0.3, 0.4) is 0 Å². The van der Waals surface area contributed by atoms with Crippen LogP contribution < -0.4 is 10.2 Å². The third kappa shape index (κ3) is 4.56. The Balaban J connectivity index is 1.97. The van der Waals surface area contributed by atoms with E-state index in [9.17, 15) is 9.59 Å². The third-order valence-corrected chi connectivity index (χ3v) is 3.67. The number of amides is 1. The first-order valence-corrected chi connectivity index (χ1v) is 7.84. The van der Waals surface area contributed by atoms with Crippen molar-refractivity contribution in [2.75, 3.05) is 25.1 Å². The number of anilines is 1. The lowest BCUT2D eigenvalue weighted by Crippen LogP contribution is -2.42. The highest BCUT2D eigenvalue weighted by atomic mass is 16.6. The predicted molar refractivity (Wildman–Crippen MR) is 87.9 cm³/mol. The van der Waals surface area contributed by atoms with Crippen molar-refractivity contribution in [1.29, 1.82) is 0 Å². The molecule has 1 saturated heterocycles. The van der Waals surface area contributed by atoms with Crippen LogP contribution in [0.1, 0.15) is 38.2 Å². The Hall–Kier alpha value is -2.38. The summed E-state index contributed by atoms with van der Waals surface area (Å²) < 4.78 is 9.90. The smallest absolute Gasteiger partial charge is 0.407 e. The Morgan fingerprint density at radius 3 is 2.50 bits per heavy atom. The number of carbonyl (C=O) groups is 2. The molecule has 0 aromatic carbocycles. The second kappa shape index (κ2) is 7.02. The van der Waals surface area contributed by atoms with Gasteiger partial charge in [-0.15, -0.1) is 0 Å². The van der Waals surface area contributed by atoms with Crippen LogP contribution in [-0.2, 0) is 9.47 Å². The molecule has 1 aliphatic rings. The van der Waals surface area contributed by atoms with Gasteiger partial charge in [0.05, 0.1) is 25.5 Å². The number of nitrogens with zero attached hydrogens (tertiary/aromatic N) is 3. The highest BCUT2D eigenvalue weighted by Gasteiger charge is 2.32. The number of hydrogen-bond donors (Lipinski definition) is 1. The normalized spacial score (nSPS) is 20.6. The molecule has 2 atom stereocenters. The van der Waals surface area contributed by atoms with Crippen molar-refractivity contribution < 1.29 is 19.1 Å². The number of methoxy groups -OCH3 is 1. The molecule has 1 aromatic heterocycles. The molecule has 0 spiro atoms. The molecule has 2 heterocycles. The van der Waals surface area contributed by atoms with Crippen LogP contribution in [0, 0.1) is 5.92 Å². The monoisotopic (exact) mass is 336 g/mol. The summed E-state index contributed by atoms with van der Waals surface area (Å²) in [5.74, 6) is 0.371. The van der Waals surface area contributed by atoms with E-state index in [1.165, 1.54) is 19.5 Å². The number of rotatable bonds is 3. The van der Waals surface area contributed by atoms with Crippen molar-refractivity contribution in [3.8, 4) is 0 Å². The molecule has 1 aliphatic heterocycles. The molecule has 1 N–H and O–H groups in total. The van der Waals surface area contributed by atoms with Crippen molar-refractivity contribution in [3.05, 3.63) is 18.1 Å². The highest BCUT2D eigenvalue weighted by Crippen LogP contribution is 2.22. The van der Waals surface area contributed by atoms with Gasteiger partial charge < -0.3 is 19.7 Å². The zero-order valence-electron chi connectivity index (χ0n) is 14.7. The molecule has 0 saturated carbocycles. The first-order valence-electron chi connectivity index (χ1n) is 7.84. The summed E-state index contributed by atoms with van der Waals surface area (Å²) in [7, 11) is 1.30. The van der Waals surface area contributed by atoms with E-state index < -0.39 is 17.7 Å². The minimum absolute atomic E-state index is 0.0399. The molecule has 8 heteroatoms. The predicted octanol–water partition coefficient (Wildman–Crippen LogP) is 1.61. The van der Waals surface area contributed by atoms with E-state index in [-0.39, 0.29) is 17.7 Å². The minimum atomic E-state index is -0.527. The van der Waals surface area contributed by atoms with Crippen molar-refractivity contribution in [3.63, 3.8) is 0 Å². The fraction of sp³-hybridized carbons (Fsp3) is 0.625. The Labute approximate surface area is 141 Å². The topological polar surface area (TPSA) is 93.7 Å². The van der Waals surface area contributed by atoms with Gasteiger partial charge in [0.15, 0.2) is 5.69 Å². The number of alkyl carbamates (subject to hydrolysis) is 1. The van der Waals surface area contributed by atoms with Gasteiger partial charge in [-0.1, -0.05) is 6.92 Å². The van der Waals surface area contributed by atoms with Crippen LogP contribution in [0.25, 0.3) is 0 Å². The molecular formula is C16H24N4O4. The summed E-state index contributed by atoms with van der Waals surface area (Å²) in [6.07, 6.45) is 2.50. The van der Waals surface area contributed by atoms with E-state index in [0.717, 1.165) is 6.54 Å². The zero-order valence-corrected chi connectivity index (χ0v) is 14.7. The number of hydrogen-bond acceptors (Lipinski definition) is 7. The average Bonchev–Trinajstić information content (AvgIpc) is 2.85. The summed E-state index contributed by atoms with van der Waals surface area (Å²) in [4.78, 5) is 33.6. The minimum Gasteiger partial charge on any atom is -0.464 e. The number of ether oxygens (including phenoxy) is 2. The highest BCUT2D eigenvalue weighted by molar-refractivity contribution is 5.86. The first-order chi connectivity index (χ1) is 11.2. The molecule has 1 amide bonds. The third-order valence-electron chi connectivity index (χ3n) is 3.67. The maximum absolute atomic E-state index is 11.9. The number of nitrogens with one attached hydrogen (secondary N) is 1. The molecule has 24 heavy (non-hydrogen) atoms. The Morgan fingerprint density at radius 2 is 1.96 bits per heavy atom. The summed E-state index contributed by atoms with van der Waals surface area (Å²) in [5, 5.41) is 2.90. The van der Waals surface area contributed by atoms with Crippen molar-refractivity contribution >= 4 is 17.9 Å². The first kappa shape index (κ1) is 18.0. The zero-order chi connectivity index (χ0) is 17.9. The van der Waals surface area contributed by atoms with Crippen LogP contribution in [-0.4, -0.2) is 53.9 Å². The van der Waals surface area contributed by atoms with Gasteiger partial charge in [-0.25, -0.2) is 19.6 Å². The number of aromatic nitrogens is 2. The van der Waals surface area contributed by atoms with Crippen LogP contribution >= 0.6 is 0 Å². The number of esters is 1. The van der Waals surface area contributed by atoms with Crippen LogP contribution in [0.5, 0.6) is 0 Å². The summed E-state index contributed by atoms with van der Waals surface area (Å²) in [6.45, 7) is 8.87. The Bertz CT molecular complexity index is 597. The van der Waals surface area contributed by atoms with Gasteiger partial charge in [0.1, 0.15) is 11.4 Å². The molecule has 0 bridgehead atoms. The van der Waals surface area contributed by atoms with Crippen molar-refractivity contribution in [1.82, 2.24) is 15.3 Å². The van der Waals surface area contributed by atoms with Crippen LogP contribution in [0.4, 0.5) is 10.6 Å². The number of carbonyl (C=O) groups excluding carboxylic acids is 2. The van der Waals surface area contributed by atoms with Gasteiger partial charge in [0.25, 0.3) is 0 Å². The van der Waals surface area contributed by atoms with Crippen molar-refractivity contribution in [2.24, 2.45) is 5.92 Å². The SMILES string of the molecule is COC(=O)c1cnc(N2C[C@@H](C)[C@@H](NC(=O)OC(C)(C)C)C2)cn1. The van der Waals surface area contributed by atoms with E-state index in [0.29, 0.717) is 12.4 Å². The standard InChI is InChI=1S/C16H24N4O4/c1-10-8-20(9-12(10)19-15(22)24-16(2,3)4)13-7-17-11(6-18-13)14(21)23-5/h6-7,10,12H,8-9H2,1-5H3,(H,19,22)/t10-,12+/m1/s1. The Morgan fingerprint density at radius 1 is 1.25 bits per heavy atom. The molecular weight excluding hydrogens is 312 g/mol. The molecule has 2 rings (SSSR count). The van der Waals surface area contributed by atoms with E-state index in [1.807, 2.05) is 25.7 Å². The van der Waals surface area contributed by atoms with Gasteiger partial charge >= 0.3 is 12.1 Å². The van der Waals surface area contributed by atoms with Crippen LogP contribution in [0.15, 0.2) is 12.4 Å². The second-order valence-electron chi connectivity index (χ2n) is 6.89. The summed E-state index contributed by atoms with van der Waals surface area (Å²) in [6, 6.07) is -0.0399. The summed E-state index contributed by atoms with van der Waals surface area (Å²) >= 11 is 0. The fourth-order valence-corrected chi connectivity index (χ4v) is 2.50. The van der Waals surface area contributed by atoms with Gasteiger partial charge in [0.2, 0.25) is 0 Å². The molecule has 1 aromatic rings. The average molecular weight is 336 g/mol. The molecule has 132 valence electrons. The van der Waals surface area contributed by atoms with Gasteiger partial charge in [-0.3, -0.25) is 0 Å². The van der Waals surface area contributed by atoms with Gasteiger partial charge in [-0.05, 0) is 26.7 Å². The molecule has 8 nitrogen and oxygen atoms in total. The molecule has 1 fully saturated rings. The lowest BCUT2D eigenvalue weighted by Gasteiger charge is -2.23. The van der Waals surface area contributed by atoms with Crippen molar-refractivity contribution in [2.45, 2.75) is 39.3 Å². The molecule has 0 aliphatic carbocycles. The van der Waals surface area contributed by atoms with Gasteiger partial charge in [0, 0.05) is 13.1 Å². The second-order valence-corrected chi connectivity index (χ2v) is 6.89. The lowest BCUT2D eigenvalue weighted by atomic mass is 10.1. The van der Waals surface area contributed by atoms with E-state index in [4.69, 9.17) is 4.74 Å². The maximum atomic E-state index is 11.9. The lowest BCUT2D eigenvalue weighted by molar-refractivity contribution is 0.0498. The maximum Gasteiger partial charge on any atom is 0.407 e. The van der Waals surface area contributed by atoms with Gasteiger partial charge in [-0.2, -0.15) is 0 Å². The van der Waals surface area contributed by atoms with E-state index in [1.54, 1.807) is 0 Å².